The summed E-state index contributed by atoms with van der Waals surface area (Å²) in [6.45, 7) is 1.78. The van der Waals surface area contributed by atoms with Crippen LogP contribution in [0.5, 0.6) is 0 Å². The molecule has 1 saturated carbocycles. The SMILES string of the molecule is CC(CCO)NS(=O)(=O)C1CC1. The minimum atomic E-state index is -3.07. The zero-order valence-electron chi connectivity index (χ0n) is 7.16. The van der Waals surface area contributed by atoms with Gasteiger partial charge in [0.15, 0.2) is 0 Å². The van der Waals surface area contributed by atoms with Crippen LogP contribution in [0.15, 0.2) is 0 Å². The van der Waals surface area contributed by atoms with Gasteiger partial charge in [-0.1, -0.05) is 0 Å². The molecule has 0 heterocycles. The Bertz CT molecular complexity index is 233. The van der Waals surface area contributed by atoms with Crippen molar-refractivity contribution in [2.24, 2.45) is 0 Å². The number of hydrogen-bond acceptors (Lipinski definition) is 3. The maximum absolute atomic E-state index is 11.3. The summed E-state index contributed by atoms with van der Waals surface area (Å²) in [6, 6.07) is -0.152. The Morgan fingerprint density at radius 1 is 1.58 bits per heavy atom. The van der Waals surface area contributed by atoms with E-state index in [2.05, 4.69) is 4.72 Å². The molecular weight excluding hydrogens is 178 g/mol. The average Bonchev–Trinajstić information content (AvgIpc) is 2.65. The first-order chi connectivity index (χ1) is 5.56. The molecule has 1 fully saturated rings. The lowest BCUT2D eigenvalue weighted by Gasteiger charge is -2.11. The molecule has 1 aliphatic rings. The minimum Gasteiger partial charge on any atom is -0.396 e. The molecule has 0 saturated heterocycles. The lowest BCUT2D eigenvalue weighted by Crippen LogP contribution is -2.35. The van der Waals surface area contributed by atoms with E-state index in [0.717, 1.165) is 12.8 Å². The summed E-state index contributed by atoms with van der Waals surface area (Å²) in [5.41, 5.74) is 0. The molecular formula is C7H15NO3S. The Kier molecular flexibility index (Phi) is 3.09. The maximum atomic E-state index is 11.3. The second-order valence-corrected chi connectivity index (χ2v) is 5.27. The van der Waals surface area contributed by atoms with E-state index in [4.69, 9.17) is 5.11 Å². The molecule has 0 aromatic rings. The zero-order valence-corrected chi connectivity index (χ0v) is 7.97. The molecule has 5 heteroatoms. The number of sulfonamides is 1. The van der Waals surface area contributed by atoms with Gasteiger partial charge in [0.2, 0.25) is 10.0 Å². The smallest absolute Gasteiger partial charge is 0.214 e. The van der Waals surface area contributed by atoms with Crippen molar-refractivity contribution in [2.75, 3.05) is 6.61 Å². The monoisotopic (exact) mass is 193 g/mol. The van der Waals surface area contributed by atoms with Crippen molar-refractivity contribution < 1.29 is 13.5 Å². The van der Waals surface area contributed by atoms with Crippen LogP contribution in [0, 0.1) is 0 Å². The topological polar surface area (TPSA) is 66.4 Å². The van der Waals surface area contributed by atoms with Crippen molar-refractivity contribution in [1.29, 1.82) is 0 Å². The Morgan fingerprint density at radius 2 is 2.17 bits per heavy atom. The third-order valence-corrected chi connectivity index (χ3v) is 3.97. The van der Waals surface area contributed by atoms with Crippen LogP contribution in [0.1, 0.15) is 26.2 Å². The van der Waals surface area contributed by atoms with Gasteiger partial charge in [0.05, 0.1) is 5.25 Å². The first kappa shape index (κ1) is 9.95. The Morgan fingerprint density at radius 3 is 2.58 bits per heavy atom. The van der Waals surface area contributed by atoms with Gasteiger partial charge in [0.1, 0.15) is 0 Å². The molecule has 1 rings (SSSR count). The Hall–Kier alpha value is -0.130. The van der Waals surface area contributed by atoms with E-state index in [1.54, 1.807) is 6.92 Å². The third-order valence-electron chi connectivity index (χ3n) is 1.89. The molecule has 12 heavy (non-hydrogen) atoms. The fourth-order valence-electron chi connectivity index (χ4n) is 1.01. The third kappa shape index (κ3) is 2.73. The van der Waals surface area contributed by atoms with Crippen LogP contribution in [0.2, 0.25) is 0 Å². The van der Waals surface area contributed by atoms with E-state index < -0.39 is 10.0 Å². The Balaban J connectivity index is 2.38. The van der Waals surface area contributed by atoms with Gasteiger partial charge in [-0.05, 0) is 26.2 Å². The van der Waals surface area contributed by atoms with Crippen molar-refractivity contribution in [1.82, 2.24) is 4.72 Å². The van der Waals surface area contributed by atoms with E-state index in [9.17, 15) is 8.42 Å². The summed E-state index contributed by atoms with van der Waals surface area (Å²) in [5, 5.41) is 8.38. The van der Waals surface area contributed by atoms with E-state index in [1.807, 2.05) is 0 Å². The van der Waals surface area contributed by atoms with Gasteiger partial charge in [-0.3, -0.25) is 0 Å². The second kappa shape index (κ2) is 3.72. The van der Waals surface area contributed by atoms with Crippen molar-refractivity contribution in [3.05, 3.63) is 0 Å². The highest BCUT2D eigenvalue weighted by Crippen LogP contribution is 2.27. The molecule has 0 aliphatic heterocycles. The first-order valence-electron chi connectivity index (χ1n) is 4.18. The summed E-state index contributed by atoms with van der Waals surface area (Å²) in [7, 11) is -3.07. The molecule has 1 atom stereocenters. The number of nitrogens with one attached hydrogen (secondary N) is 1. The predicted octanol–water partition coefficient (Wildman–Crippen LogP) is -0.161. The summed E-state index contributed by atoms with van der Waals surface area (Å²) in [5.74, 6) is 0. The summed E-state index contributed by atoms with van der Waals surface area (Å²) < 4.78 is 25.1. The number of aliphatic hydroxyl groups excluding tert-OH is 1. The quantitative estimate of drug-likeness (QED) is 0.637. The Labute approximate surface area is 73.0 Å². The van der Waals surface area contributed by atoms with Gasteiger partial charge in [-0.25, -0.2) is 13.1 Å². The molecule has 1 unspecified atom stereocenters. The largest absolute Gasteiger partial charge is 0.396 e. The number of aliphatic hydroxyl groups is 1. The molecule has 0 aromatic heterocycles. The number of rotatable bonds is 5. The zero-order chi connectivity index (χ0) is 9.19. The fraction of sp³-hybridized carbons (Fsp3) is 1.00. The lowest BCUT2D eigenvalue weighted by atomic mass is 10.3. The van der Waals surface area contributed by atoms with E-state index in [0.29, 0.717) is 6.42 Å². The van der Waals surface area contributed by atoms with E-state index in [-0.39, 0.29) is 17.9 Å². The van der Waals surface area contributed by atoms with E-state index in [1.165, 1.54) is 0 Å². The highest BCUT2D eigenvalue weighted by atomic mass is 32.2. The predicted molar refractivity (Wildman–Crippen MR) is 46.2 cm³/mol. The lowest BCUT2D eigenvalue weighted by molar-refractivity contribution is 0.275. The van der Waals surface area contributed by atoms with Crippen molar-refractivity contribution in [2.45, 2.75) is 37.5 Å². The normalized spacial score (nSPS) is 20.8. The molecule has 0 spiro atoms. The van der Waals surface area contributed by atoms with Crippen LogP contribution < -0.4 is 4.72 Å². The van der Waals surface area contributed by atoms with Crippen LogP contribution >= 0.6 is 0 Å². The molecule has 2 N–H and O–H groups in total. The molecule has 0 amide bonds. The summed E-state index contributed by atoms with van der Waals surface area (Å²) >= 11 is 0. The van der Waals surface area contributed by atoms with Gasteiger partial charge >= 0.3 is 0 Å². The standard InChI is InChI=1S/C7H15NO3S/c1-6(4-5-9)8-12(10,11)7-2-3-7/h6-9H,2-5H2,1H3. The molecule has 72 valence electrons. The van der Waals surface area contributed by atoms with E-state index >= 15 is 0 Å². The minimum absolute atomic E-state index is 0.0222. The van der Waals surface area contributed by atoms with Crippen LogP contribution in [-0.2, 0) is 10.0 Å². The van der Waals surface area contributed by atoms with Gasteiger partial charge in [0, 0.05) is 12.6 Å². The van der Waals surface area contributed by atoms with Crippen molar-refractivity contribution in [3.8, 4) is 0 Å². The van der Waals surface area contributed by atoms with Gasteiger partial charge in [-0.15, -0.1) is 0 Å². The van der Waals surface area contributed by atoms with Crippen LogP contribution in [0.3, 0.4) is 0 Å². The summed E-state index contributed by atoms with van der Waals surface area (Å²) in [4.78, 5) is 0. The highest BCUT2D eigenvalue weighted by Gasteiger charge is 2.36. The molecule has 0 aromatic carbocycles. The van der Waals surface area contributed by atoms with Gasteiger partial charge in [0.25, 0.3) is 0 Å². The fourth-order valence-corrected chi connectivity index (χ4v) is 2.64. The van der Waals surface area contributed by atoms with Crippen LogP contribution in [0.25, 0.3) is 0 Å². The van der Waals surface area contributed by atoms with Crippen LogP contribution in [-0.4, -0.2) is 31.4 Å². The average molecular weight is 193 g/mol. The van der Waals surface area contributed by atoms with Crippen molar-refractivity contribution >= 4 is 10.0 Å². The second-order valence-electron chi connectivity index (χ2n) is 3.28. The molecule has 0 radical (unpaired) electrons. The van der Waals surface area contributed by atoms with Gasteiger partial charge in [-0.2, -0.15) is 0 Å². The molecule has 4 nitrogen and oxygen atoms in total. The van der Waals surface area contributed by atoms with Gasteiger partial charge < -0.3 is 5.11 Å². The number of hydrogen-bond donors (Lipinski definition) is 2. The van der Waals surface area contributed by atoms with Crippen LogP contribution in [0.4, 0.5) is 0 Å². The maximum Gasteiger partial charge on any atom is 0.214 e. The molecule has 1 aliphatic carbocycles. The summed E-state index contributed by atoms with van der Waals surface area (Å²) in [6.07, 6.45) is 2.04. The highest BCUT2D eigenvalue weighted by molar-refractivity contribution is 7.90. The molecule has 0 bridgehead atoms. The first-order valence-corrected chi connectivity index (χ1v) is 5.73. The van der Waals surface area contributed by atoms with Crippen molar-refractivity contribution in [3.63, 3.8) is 0 Å².